The summed E-state index contributed by atoms with van der Waals surface area (Å²) in [5, 5.41) is 8.58. The SMILES string of the molecule is C=Cc1oc2cc(-c3c4ccccc4c(-c4cccc5ccccc45)c4ccccc34)ccc2c1/C=C\C. The fourth-order valence-electron chi connectivity index (χ4n) is 5.95. The van der Waals surface area contributed by atoms with Crippen LogP contribution in [0.25, 0.3) is 77.7 Å². The Bertz CT molecular complexity index is 1990. The summed E-state index contributed by atoms with van der Waals surface area (Å²) in [5.41, 5.74) is 6.86. The van der Waals surface area contributed by atoms with Crippen molar-refractivity contribution in [3.05, 3.63) is 133 Å². The Hall–Kier alpha value is -4.88. The molecule has 0 fully saturated rings. The molecule has 0 bridgehead atoms. The molecule has 0 saturated carbocycles. The zero-order valence-corrected chi connectivity index (χ0v) is 21.2. The minimum atomic E-state index is 0.802. The number of rotatable bonds is 4. The molecule has 180 valence electrons. The molecule has 6 aromatic carbocycles. The van der Waals surface area contributed by atoms with Crippen LogP contribution in [0.1, 0.15) is 18.2 Å². The van der Waals surface area contributed by atoms with Crippen molar-refractivity contribution in [2.24, 2.45) is 0 Å². The van der Waals surface area contributed by atoms with Gasteiger partial charge in [0.05, 0.1) is 0 Å². The maximum absolute atomic E-state index is 6.26. The molecule has 0 spiro atoms. The van der Waals surface area contributed by atoms with Crippen molar-refractivity contribution in [2.45, 2.75) is 6.92 Å². The van der Waals surface area contributed by atoms with Crippen molar-refractivity contribution in [1.29, 1.82) is 0 Å². The van der Waals surface area contributed by atoms with Crippen LogP contribution in [0.3, 0.4) is 0 Å². The highest BCUT2D eigenvalue weighted by molar-refractivity contribution is 6.23. The number of hydrogen-bond donors (Lipinski definition) is 0. The quantitative estimate of drug-likeness (QED) is 0.225. The van der Waals surface area contributed by atoms with Gasteiger partial charge in [0.1, 0.15) is 11.3 Å². The van der Waals surface area contributed by atoms with Crippen molar-refractivity contribution in [3.63, 3.8) is 0 Å². The topological polar surface area (TPSA) is 13.1 Å². The van der Waals surface area contributed by atoms with Crippen LogP contribution < -0.4 is 0 Å². The minimum absolute atomic E-state index is 0.802. The summed E-state index contributed by atoms with van der Waals surface area (Å²) in [6.07, 6.45) is 5.92. The Morgan fingerprint density at radius 3 is 1.87 bits per heavy atom. The Labute approximate surface area is 222 Å². The van der Waals surface area contributed by atoms with E-state index in [1.54, 1.807) is 6.08 Å². The third kappa shape index (κ3) is 3.33. The largest absolute Gasteiger partial charge is 0.456 e. The smallest absolute Gasteiger partial charge is 0.136 e. The van der Waals surface area contributed by atoms with E-state index in [9.17, 15) is 0 Å². The molecule has 38 heavy (non-hydrogen) atoms. The first-order valence-corrected chi connectivity index (χ1v) is 13.0. The molecule has 0 aliphatic carbocycles. The summed E-state index contributed by atoms with van der Waals surface area (Å²) in [7, 11) is 0. The molecule has 0 unspecified atom stereocenters. The van der Waals surface area contributed by atoms with Crippen LogP contribution in [-0.2, 0) is 0 Å². The van der Waals surface area contributed by atoms with Gasteiger partial charge < -0.3 is 4.42 Å². The lowest BCUT2D eigenvalue weighted by molar-refractivity contribution is 0.603. The zero-order valence-electron chi connectivity index (χ0n) is 21.2. The maximum Gasteiger partial charge on any atom is 0.136 e. The Balaban J connectivity index is 1.59. The molecule has 0 N–H and O–H groups in total. The van der Waals surface area contributed by atoms with Crippen LogP contribution in [0.2, 0.25) is 0 Å². The number of allylic oxidation sites excluding steroid dienone is 1. The summed E-state index contributed by atoms with van der Waals surface area (Å²) in [4.78, 5) is 0. The van der Waals surface area contributed by atoms with E-state index >= 15 is 0 Å². The van der Waals surface area contributed by atoms with Gasteiger partial charge in [-0.05, 0) is 79.7 Å². The number of furan rings is 1. The van der Waals surface area contributed by atoms with Crippen molar-refractivity contribution < 1.29 is 4.42 Å². The maximum atomic E-state index is 6.26. The monoisotopic (exact) mass is 486 g/mol. The molecule has 7 aromatic rings. The molecule has 1 heteroatoms. The van der Waals surface area contributed by atoms with Crippen molar-refractivity contribution in [3.8, 4) is 22.3 Å². The fraction of sp³-hybridized carbons (Fsp3) is 0.0270. The van der Waals surface area contributed by atoms with Crippen LogP contribution in [0.15, 0.2) is 126 Å². The van der Waals surface area contributed by atoms with Crippen molar-refractivity contribution in [1.82, 2.24) is 0 Å². The van der Waals surface area contributed by atoms with Gasteiger partial charge in [0.15, 0.2) is 0 Å². The number of fused-ring (bicyclic) bond motifs is 4. The van der Waals surface area contributed by atoms with Gasteiger partial charge in [0.2, 0.25) is 0 Å². The lowest BCUT2D eigenvalue weighted by Gasteiger charge is -2.18. The number of benzene rings is 6. The molecule has 0 saturated heterocycles. The molecule has 7 rings (SSSR count). The first-order valence-electron chi connectivity index (χ1n) is 13.0. The summed E-state index contributed by atoms with van der Waals surface area (Å²) in [6.45, 7) is 5.99. The van der Waals surface area contributed by atoms with Crippen LogP contribution in [0, 0.1) is 0 Å². The molecule has 0 amide bonds. The van der Waals surface area contributed by atoms with Crippen molar-refractivity contribution in [2.75, 3.05) is 0 Å². The van der Waals surface area contributed by atoms with Gasteiger partial charge in [0.25, 0.3) is 0 Å². The second-order valence-electron chi connectivity index (χ2n) is 9.66. The molecule has 0 radical (unpaired) electrons. The molecule has 0 aliphatic rings. The first-order chi connectivity index (χ1) is 18.8. The van der Waals surface area contributed by atoms with Gasteiger partial charge in [-0.25, -0.2) is 0 Å². The van der Waals surface area contributed by atoms with Crippen molar-refractivity contribution >= 4 is 55.4 Å². The summed E-state index contributed by atoms with van der Waals surface area (Å²) in [5.74, 6) is 0.802. The summed E-state index contributed by atoms with van der Waals surface area (Å²) < 4.78 is 6.26. The summed E-state index contributed by atoms with van der Waals surface area (Å²) in [6, 6.07) is 39.4. The van der Waals surface area contributed by atoms with E-state index in [1.807, 2.05) is 13.0 Å². The molecule has 1 nitrogen and oxygen atoms in total. The summed E-state index contributed by atoms with van der Waals surface area (Å²) >= 11 is 0. The van der Waals surface area contributed by atoms with E-state index in [4.69, 9.17) is 4.42 Å². The average Bonchev–Trinajstić information content (AvgIpc) is 3.32. The zero-order chi connectivity index (χ0) is 25.6. The van der Waals surface area contributed by atoms with Crippen LogP contribution >= 0.6 is 0 Å². The van der Waals surface area contributed by atoms with E-state index in [1.165, 1.54) is 49.0 Å². The third-order valence-electron chi connectivity index (χ3n) is 7.56. The van der Waals surface area contributed by atoms with Gasteiger partial charge in [-0.15, -0.1) is 0 Å². The van der Waals surface area contributed by atoms with Gasteiger partial charge in [-0.1, -0.05) is 116 Å². The van der Waals surface area contributed by atoms with E-state index in [-0.39, 0.29) is 0 Å². The molecule has 0 atom stereocenters. The molecule has 0 aliphatic heterocycles. The van der Waals surface area contributed by atoms with Gasteiger partial charge >= 0.3 is 0 Å². The minimum Gasteiger partial charge on any atom is -0.456 e. The molecule has 1 aromatic heterocycles. The molecule has 1 heterocycles. The normalized spacial score (nSPS) is 11.8. The van der Waals surface area contributed by atoms with Gasteiger partial charge in [-0.3, -0.25) is 0 Å². The van der Waals surface area contributed by atoms with E-state index in [2.05, 4.69) is 122 Å². The Kier molecular flexibility index (Phi) is 5.23. The van der Waals surface area contributed by atoms with E-state index < -0.39 is 0 Å². The first kappa shape index (κ1) is 22.3. The fourth-order valence-corrected chi connectivity index (χ4v) is 5.95. The molecular weight excluding hydrogens is 460 g/mol. The second-order valence-corrected chi connectivity index (χ2v) is 9.66. The van der Waals surface area contributed by atoms with Crippen LogP contribution in [0.4, 0.5) is 0 Å². The Morgan fingerprint density at radius 2 is 1.21 bits per heavy atom. The van der Waals surface area contributed by atoms with Gasteiger partial charge in [0, 0.05) is 10.9 Å². The standard InChI is InChI=1S/C37H26O/c1-3-12-27-28-22-21-25(23-35(28)38-34(27)4-2)36-30-16-7-9-18-32(30)37(33-19-10-8-17-31(33)36)29-20-11-14-24-13-5-6-15-26(24)29/h3-23H,2H2,1H3/b12-3-. The molecular formula is C37H26O. The lowest BCUT2D eigenvalue weighted by atomic mass is 9.84. The predicted molar refractivity (Wildman–Crippen MR) is 164 cm³/mol. The van der Waals surface area contributed by atoms with Gasteiger partial charge in [-0.2, -0.15) is 0 Å². The van der Waals surface area contributed by atoms with E-state index in [0.717, 1.165) is 27.9 Å². The third-order valence-corrected chi connectivity index (χ3v) is 7.56. The van der Waals surface area contributed by atoms with Crippen LogP contribution in [-0.4, -0.2) is 0 Å². The lowest BCUT2D eigenvalue weighted by Crippen LogP contribution is -1.91. The predicted octanol–water partition coefficient (Wildman–Crippen LogP) is 10.9. The Morgan fingerprint density at radius 1 is 0.605 bits per heavy atom. The van der Waals surface area contributed by atoms with E-state index in [0.29, 0.717) is 0 Å². The highest BCUT2D eigenvalue weighted by atomic mass is 16.3. The van der Waals surface area contributed by atoms with Crippen LogP contribution in [0.5, 0.6) is 0 Å². The highest BCUT2D eigenvalue weighted by Crippen LogP contribution is 2.45. The second kappa shape index (κ2) is 8.90. The highest BCUT2D eigenvalue weighted by Gasteiger charge is 2.19. The average molecular weight is 487 g/mol. The number of hydrogen-bond acceptors (Lipinski definition) is 1.